The molecule has 0 aliphatic carbocycles. The van der Waals surface area contributed by atoms with Gasteiger partial charge in [0.25, 0.3) is 5.91 Å². The number of rotatable bonds is 7. The summed E-state index contributed by atoms with van der Waals surface area (Å²) in [5, 5.41) is 8.26. The molecule has 9 heteroatoms. The average Bonchev–Trinajstić information content (AvgIpc) is 2.96. The van der Waals surface area contributed by atoms with Crippen molar-refractivity contribution in [3.8, 4) is 0 Å². The molecule has 1 aromatic rings. The Balaban J connectivity index is 2.29. The number of halogens is 3. The lowest BCUT2D eigenvalue weighted by molar-refractivity contribution is -0.132. The van der Waals surface area contributed by atoms with Crippen LogP contribution < -0.4 is 16.0 Å². The summed E-state index contributed by atoms with van der Waals surface area (Å²) in [6, 6.07) is 3.13. The highest BCUT2D eigenvalue weighted by molar-refractivity contribution is 5.91. The number of nitrogens with zero attached hydrogens (tertiary/aromatic N) is 1. The van der Waals surface area contributed by atoms with E-state index in [9.17, 15) is 18.0 Å². The van der Waals surface area contributed by atoms with Gasteiger partial charge in [0.2, 0.25) is 0 Å². The lowest BCUT2D eigenvalue weighted by Gasteiger charge is -2.12. The van der Waals surface area contributed by atoms with Crippen LogP contribution in [-0.4, -0.2) is 44.2 Å². The maximum atomic E-state index is 12.1. The largest absolute Gasteiger partial charge is 0.459 e. The Morgan fingerprint density at radius 1 is 1.27 bits per heavy atom. The minimum absolute atomic E-state index is 0.200. The van der Waals surface area contributed by atoms with Crippen LogP contribution >= 0.6 is 0 Å². The van der Waals surface area contributed by atoms with E-state index in [1.165, 1.54) is 12.3 Å². The SMILES string of the molecule is CCNC(=NCCC(F)(F)F)NCCNC(=O)c1ccco1. The van der Waals surface area contributed by atoms with E-state index in [0.29, 0.717) is 13.1 Å². The lowest BCUT2D eigenvalue weighted by atomic mass is 10.4. The smallest absolute Gasteiger partial charge is 0.390 e. The maximum absolute atomic E-state index is 12.1. The van der Waals surface area contributed by atoms with E-state index in [1.807, 2.05) is 0 Å². The van der Waals surface area contributed by atoms with Crippen molar-refractivity contribution in [2.45, 2.75) is 19.5 Å². The van der Waals surface area contributed by atoms with Gasteiger partial charge in [-0.1, -0.05) is 0 Å². The van der Waals surface area contributed by atoms with E-state index in [0.717, 1.165) is 0 Å². The molecule has 22 heavy (non-hydrogen) atoms. The first-order chi connectivity index (χ1) is 10.4. The molecule has 0 atom stereocenters. The van der Waals surface area contributed by atoms with E-state index < -0.39 is 12.6 Å². The quantitative estimate of drug-likeness (QED) is 0.404. The molecule has 0 aliphatic rings. The minimum Gasteiger partial charge on any atom is -0.459 e. The van der Waals surface area contributed by atoms with Crippen molar-refractivity contribution in [2.24, 2.45) is 4.99 Å². The third-order valence-electron chi connectivity index (χ3n) is 2.46. The molecule has 0 aromatic carbocycles. The molecule has 1 heterocycles. The van der Waals surface area contributed by atoms with E-state index in [1.54, 1.807) is 13.0 Å². The molecule has 0 unspecified atom stereocenters. The molecule has 1 aromatic heterocycles. The third-order valence-corrected chi connectivity index (χ3v) is 2.46. The zero-order chi connectivity index (χ0) is 16.4. The Bertz CT molecular complexity index is 472. The van der Waals surface area contributed by atoms with Crippen LogP contribution in [0.1, 0.15) is 23.9 Å². The maximum Gasteiger partial charge on any atom is 0.390 e. The second-order valence-electron chi connectivity index (χ2n) is 4.29. The molecular formula is C13H19F3N4O2. The first-order valence-electron chi connectivity index (χ1n) is 6.83. The Morgan fingerprint density at radius 2 is 2.00 bits per heavy atom. The van der Waals surface area contributed by atoms with Gasteiger partial charge in [-0.05, 0) is 19.1 Å². The van der Waals surface area contributed by atoms with Crippen LogP contribution in [0.5, 0.6) is 0 Å². The summed E-state index contributed by atoms with van der Waals surface area (Å²) < 4.78 is 41.1. The minimum atomic E-state index is -4.22. The Hall–Kier alpha value is -2.19. The van der Waals surface area contributed by atoms with Gasteiger partial charge in [0.1, 0.15) is 0 Å². The summed E-state index contributed by atoms with van der Waals surface area (Å²) in [6.45, 7) is 2.58. The fourth-order valence-corrected chi connectivity index (χ4v) is 1.49. The molecule has 6 nitrogen and oxygen atoms in total. The van der Waals surface area contributed by atoms with Gasteiger partial charge in [-0.3, -0.25) is 9.79 Å². The number of amides is 1. The van der Waals surface area contributed by atoms with Crippen LogP contribution in [0.2, 0.25) is 0 Å². The number of nitrogens with one attached hydrogen (secondary N) is 3. The van der Waals surface area contributed by atoms with Crippen molar-refractivity contribution in [2.75, 3.05) is 26.2 Å². The number of aliphatic imine (C=N–C) groups is 1. The normalized spacial score (nSPS) is 12.1. The Kier molecular flexibility index (Phi) is 7.27. The van der Waals surface area contributed by atoms with E-state index in [4.69, 9.17) is 4.42 Å². The van der Waals surface area contributed by atoms with Gasteiger partial charge in [-0.2, -0.15) is 13.2 Å². The summed E-state index contributed by atoms with van der Waals surface area (Å²) in [6.07, 6.45) is -3.81. The zero-order valence-electron chi connectivity index (χ0n) is 12.2. The van der Waals surface area contributed by atoms with Crippen LogP contribution in [0.4, 0.5) is 13.2 Å². The summed E-state index contributed by atoms with van der Waals surface area (Å²) in [7, 11) is 0. The molecule has 0 radical (unpaired) electrons. The number of alkyl halides is 3. The van der Waals surface area contributed by atoms with E-state index in [-0.39, 0.29) is 30.7 Å². The fourth-order valence-electron chi connectivity index (χ4n) is 1.49. The van der Waals surface area contributed by atoms with Crippen LogP contribution in [-0.2, 0) is 0 Å². The summed E-state index contributed by atoms with van der Waals surface area (Å²) >= 11 is 0. The fraction of sp³-hybridized carbons (Fsp3) is 0.538. The van der Waals surface area contributed by atoms with Crippen molar-refractivity contribution >= 4 is 11.9 Å². The Labute approximate surface area is 126 Å². The van der Waals surface area contributed by atoms with Crippen molar-refractivity contribution in [3.63, 3.8) is 0 Å². The highest BCUT2D eigenvalue weighted by atomic mass is 19.4. The standard InChI is InChI=1S/C13H19F3N4O2/c1-2-17-12(19-6-5-13(14,15)16)20-8-7-18-11(21)10-4-3-9-22-10/h3-4,9H,2,5-8H2,1H3,(H,18,21)(H2,17,19,20). The van der Waals surface area contributed by atoms with Crippen LogP contribution in [0, 0.1) is 0 Å². The first kappa shape index (κ1) is 17.9. The van der Waals surface area contributed by atoms with Gasteiger partial charge < -0.3 is 20.4 Å². The molecule has 1 rings (SSSR count). The van der Waals surface area contributed by atoms with Crippen molar-refractivity contribution in [1.82, 2.24) is 16.0 Å². The van der Waals surface area contributed by atoms with Gasteiger partial charge >= 0.3 is 6.18 Å². The monoisotopic (exact) mass is 320 g/mol. The number of hydrogen-bond acceptors (Lipinski definition) is 3. The Morgan fingerprint density at radius 3 is 2.59 bits per heavy atom. The van der Waals surface area contributed by atoms with Crippen molar-refractivity contribution in [3.05, 3.63) is 24.2 Å². The molecule has 3 N–H and O–H groups in total. The molecule has 0 bridgehead atoms. The molecule has 124 valence electrons. The molecule has 1 amide bonds. The van der Waals surface area contributed by atoms with E-state index in [2.05, 4.69) is 20.9 Å². The predicted molar refractivity (Wildman–Crippen MR) is 75.7 cm³/mol. The predicted octanol–water partition coefficient (Wildman–Crippen LogP) is 1.52. The second kappa shape index (κ2) is 8.96. The molecule has 0 saturated heterocycles. The van der Waals surface area contributed by atoms with Gasteiger partial charge in [-0.15, -0.1) is 0 Å². The van der Waals surface area contributed by atoms with Gasteiger partial charge in [0.05, 0.1) is 19.2 Å². The first-order valence-corrected chi connectivity index (χ1v) is 6.83. The zero-order valence-corrected chi connectivity index (χ0v) is 12.2. The molecule has 0 aliphatic heterocycles. The summed E-state index contributed by atoms with van der Waals surface area (Å²) in [4.78, 5) is 15.4. The van der Waals surface area contributed by atoms with E-state index >= 15 is 0 Å². The summed E-state index contributed by atoms with van der Waals surface area (Å²) in [5.41, 5.74) is 0. The number of hydrogen-bond donors (Lipinski definition) is 3. The van der Waals surface area contributed by atoms with Gasteiger partial charge in [-0.25, -0.2) is 0 Å². The highest BCUT2D eigenvalue weighted by Gasteiger charge is 2.26. The van der Waals surface area contributed by atoms with Crippen LogP contribution in [0.3, 0.4) is 0 Å². The average molecular weight is 320 g/mol. The topological polar surface area (TPSA) is 78.7 Å². The number of furan rings is 1. The molecule has 0 saturated carbocycles. The van der Waals surface area contributed by atoms with Crippen LogP contribution in [0.25, 0.3) is 0 Å². The second-order valence-corrected chi connectivity index (χ2v) is 4.29. The van der Waals surface area contributed by atoms with Crippen molar-refractivity contribution in [1.29, 1.82) is 0 Å². The highest BCUT2D eigenvalue weighted by Crippen LogP contribution is 2.18. The van der Waals surface area contributed by atoms with Crippen molar-refractivity contribution < 1.29 is 22.4 Å². The number of carbonyl (C=O) groups is 1. The lowest BCUT2D eigenvalue weighted by Crippen LogP contribution is -2.41. The molecule has 0 spiro atoms. The summed E-state index contributed by atoms with van der Waals surface area (Å²) in [5.74, 6) is 0.121. The van der Waals surface area contributed by atoms with Gasteiger partial charge in [0.15, 0.2) is 11.7 Å². The third kappa shape index (κ3) is 7.55. The number of carbonyl (C=O) groups excluding carboxylic acids is 1. The molecular weight excluding hydrogens is 301 g/mol. The van der Waals surface area contributed by atoms with Gasteiger partial charge in [0, 0.05) is 19.6 Å². The molecule has 0 fully saturated rings. The van der Waals surface area contributed by atoms with Crippen LogP contribution in [0.15, 0.2) is 27.8 Å². The number of guanidine groups is 1.